The van der Waals surface area contributed by atoms with Crippen molar-refractivity contribution in [3.63, 3.8) is 0 Å². The number of fused-ring (bicyclic) bond motifs is 1. The van der Waals surface area contributed by atoms with E-state index in [1.54, 1.807) is 49.4 Å². The number of amides is 1. The number of carbonyl (C=O) groups excluding carboxylic acids is 1. The highest BCUT2D eigenvalue weighted by Gasteiger charge is 2.56. The fraction of sp³-hybridized carbons (Fsp3) is 0.318. The van der Waals surface area contributed by atoms with Crippen LogP contribution in [-0.4, -0.2) is 77.8 Å². The Morgan fingerprint density at radius 1 is 0.817 bits per heavy atom. The average Bonchev–Trinajstić information content (AvgIpc) is 3.83. The van der Waals surface area contributed by atoms with Crippen LogP contribution in [-0.2, 0) is 28.6 Å². The van der Waals surface area contributed by atoms with Crippen LogP contribution >= 0.6 is 8.25 Å². The van der Waals surface area contributed by atoms with Crippen molar-refractivity contribution in [3.8, 4) is 11.5 Å². The summed E-state index contributed by atoms with van der Waals surface area (Å²) in [6, 6.07) is 33.9. The van der Waals surface area contributed by atoms with Gasteiger partial charge in [-0.1, -0.05) is 93.6 Å². The standard InChI is InChI=1S/C44H48N5O9PSi/c1-43(2,3)60(6,7)58-38-37(57-44(30-16-12-9-13-17-30,31-18-22-33(53-4)23-19-31)32-20-24-34(54-5)25-21-32)35(26-55-59(51)52)56-42(38)49-28-47-36-39(45-27-46-40(36)49)48-41(50)29-14-10-8-11-15-29/h8-25,27-28,35,37-38,42H,26H2,1-7H3,(H-,45,46,48,50,51,52)/p+1/t35-,37?,38?,42-/m1/s1. The Hall–Kier alpha value is -5.38. The molecule has 0 radical (unpaired) electrons. The molecular formula is C44H49N5O9PSi+. The molecule has 1 aliphatic rings. The van der Waals surface area contributed by atoms with Crippen molar-refractivity contribution in [2.24, 2.45) is 0 Å². The van der Waals surface area contributed by atoms with Gasteiger partial charge in [-0.2, -0.15) is 0 Å². The maximum atomic E-state index is 13.3. The van der Waals surface area contributed by atoms with Gasteiger partial charge in [-0.15, -0.1) is 9.42 Å². The lowest BCUT2D eigenvalue weighted by atomic mass is 9.79. The lowest BCUT2D eigenvalue weighted by Gasteiger charge is -2.43. The molecule has 0 spiro atoms. The molecule has 3 heterocycles. The maximum absolute atomic E-state index is 13.3. The summed E-state index contributed by atoms with van der Waals surface area (Å²) in [5, 5.41) is 2.61. The lowest BCUT2D eigenvalue weighted by Crippen LogP contribution is -2.51. The molecule has 3 unspecified atom stereocenters. The predicted molar refractivity (Wildman–Crippen MR) is 229 cm³/mol. The highest BCUT2D eigenvalue weighted by molar-refractivity contribution is 7.32. The molecular weight excluding hydrogens is 802 g/mol. The number of hydrogen-bond acceptors (Lipinski definition) is 11. The molecule has 1 amide bonds. The van der Waals surface area contributed by atoms with Crippen LogP contribution < -0.4 is 14.8 Å². The first-order valence-electron chi connectivity index (χ1n) is 19.4. The molecule has 1 saturated heterocycles. The quantitative estimate of drug-likeness (QED) is 0.0577. The first-order chi connectivity index (χ1) is 28.8. The fourth-order valence-electron chi connectivity index (χ4n) is 7.12. The molecule has 7 rings (SSSR count). The first-order valence-corrected chi connectivity index (χ1v) is 23.5. The fourth-order valence-corrected chi connectivity index (χ4v) is 8.68. The Morgan fingerprint density at radius 3 is 1.93 bits per heavy atom. The van der Waals surface area contributed by atoms with E-state index >= 15 is 0 Å². The Morgan fingerprint density at radius 2 is 1.38 bits per heavy atom. The second kappa shape index (κ2) is 17.7. The topological polar surface area (TPSA) is 165 Å². The molecule has 0 bridgehead atoms. The van der Waals surface area contributed by atoms with Gasteiger partial charge >= 0.3 is 8.25 Å². The molecule has 0 aliphatic carbocycles. The lowest BCUT2D eigenvalue weighted by molar-refractivity contribution is -0.108. The molecule has 1 fully saturated rings. The summed E-state index contributed by atoms with van der Waals surface area (Å²) in [5.74, 6) is 1.16. The van der Waals surface area contributed by atoms with E-state index in [1.165, 1.54) is 6.33 Å². The number of carbonyl (C=O) groups is 1. The molecule has 14 nitrogen and oxygen atoms in total. The average molecular weight is 851 g/mol. The zero-order valence-corrected chi connectivity index (χ0v) is 36.4. The minimum absolute atomic E-state index is 0.208. The number of benzene rings is 4. The first kappa shape index (κ1) is 42.7. The summed E-state index contributed by atoms with van der Waals surface area (Å²) in [4.78, 5) is 36.9. The van der Waals surface area contributed by atoms with Crippen LogP contribution in [0.2, 0.25) is 18.1 Å². The normalized spacial score (nSPS) is 18.6. The van der Waals surface area contributed by atoms with E-state index in [4.69, 9.17) is 27.9 Å². The van der Waals surface area contributed by atoms with Gasteiger partial charge in [0.2, 0.25) is 0 Å². The monoisotopic (exact) mass is 850 g/mol. The molecule has 16 heteroatoms. The smallest absolute Gasteiger partial charge is 0.497 e. The molecule has 6 aromatic rings. The van der Waals surface area contributed by atoms with E-state index in [0.29, 0.717) is 28.2 Å². The largest absolute Gasteiger partial charge is 0.694 e. The van der Waals surface area contributed by atoms with Crippen molar-refractivity contribution in [3.05, 3.63) is 144 Å². The van der Waals surface area contributed by atoms with Crippen LogP contribution in [0, 0.1) is 0 Å². The molecule has 2 N–H and O–H groups in total. The highest BCUT2D eigenvalue weighted by Crippen LogP contribution is 2.49. The maximum Gasteiger partial charge on any atom is 0.694 e. The van der Waals surface area contributed by atoms with Crippen molar-refractivity contribution >= 4 is 39.5 Å². The van der Waals surface area contributed by atoms with Gasteiger partial charge in [-0.05, 0) is 71.2 Å². The van der Waals surface area contributed by atoms with E-state index in [0.717, 1.165) is 16.7 Å². The van der Waals surface area contributed by atoms with E-state index < -0.39 is 46.7 Å². The van der Waals surface area contributed by atoms with Crippen LogP contribution in [0.1, 0.15) is 54.0 Å². The number of aromatic nitrogens is 4. The van der Waals surface area contributed by atoms with Crippen molar-refractivity contribution in [2.75, 3.05) is 26.1 Å². The van der Waals surface area contributed by atoms with Gasteiger partial charge in [-0.25, -0.2) is 15.0 Å². The Balaban J connectivity index is 1.42. The van der Waals surface area contributed by atoms with Gasteiger partial charge in [0.25, 0.3) is 5.91 Å². The van der Waals surface area contributed by atoms with Crippen molar-refractivity contribution in [1.29, 1.82) is 0 Å². The van der Waals surface area contributed by atoms with Crippen molar-refractivity contribution in [2.45, 2.75) is 69.0 Å². The molecule has 5 atom stereocenters. The Bertz CT molecular complexity index is 2370. The third-order valence-corrected chi connectivity index (χ3v) is 16.1. The number of rotatable bonds is 15. The highest BCUT2D eigenvalue weighted by atomic mass is 31.1. The predicted octanol–water partition coefficient (Wildman–Crippen LogP) is 8.43. The van der Waals surface area contributed by atoms with Crippen LogP contribution in [0.15, 0.2) is 122 Å². The Labute approximate surface area is 350 Å². The third-order valence-electron chi connectivity index (χ3n) is 11.3. The third kappa shape index (κ3) is 8.61. The molecule has 0 saturated carbocycles. The summed E-state index contributed by atoms with van der Waals surface area (Å²) < 4.78 is 52.5. The van der Waals surface area contributed by atoms with E-state index in [-0.39, 0.29) is 23.4 Å². The minimum atomic E-state index is -3.02. The second-order valence-electron chi connectivity index (χ2n) is 15.9. The van der Waals surface area contributed by atoms with E-state index in [9.17, 15) is 14.3 Å². The van der Waals surface area contributed by atoms with Gasteiger partial charge in [0.1, 0.15) is 48.3 Å². The zero-order valence-electron chi connectivity index (χ0n) is 34.5. The number of hydrogen-bond donors (Lipinski definition) is 2. The van der Waals surface area contributed by atoms with Gasteiger partial charge in [0, 0.05) is 10.1 Å². The summed E-state index contributed by atoms with van der Waals surface area (Å²) in [6.07, 6.45) is -0.836. The van der Waals surface area contributed by atoms with Gasteiger partial charge in [-0.3, -0.25) is 9.36 Å². The SMILES string of the molecule is COc1ccc(C(OC2C(O[Si](C)(C)C(C)(C)C)[C@H](n3cnc4c(NC(=O)c5ccccc5)ncnc43)O[C@@H]2CO[P+](=O)O)(c2ccccc2)c2ccc(OC)cc2)cc1. The van der Waals surface area contributed by atoms with Crippen LogP contribution in [0.5, 0.6) is 11.5 Å². The second-order valence-corrected chi connectivity index (χ2v) is 21.4. The molecule has 1 aliphatic heterocycles. The molecule has 4 aromatic carbocycles. The van der Waals surface area contributed by atoms with Gasteiger partial charge in [0.05, 0.1) is 20.5 Å². The number of nitrogens with zero attached hydrogens (tertiary/aromatic N) is 4. The van der Waals surface area contributed by atoms with Crippen LogP contribution in [0.3, 0.4) is 0 Å². The van der Waals surface area contributed by atoms with Crippen molar-refractivity contribution in [1.82, 2.24) is 19.5 Å². The number of methoxy groups -OCH3 is 2. The summed E-state index contributed by atoms with van der Waals surface area (Å²) in [7, 11) is -2.48. The molecule has 60 heavy (non-hydrogen) atoms. The number of imidazole rings is 1. The molecule has 312 valence electrons. The van der Waals surface area contributed by atoms with Crippen LogP contribution in [0.25, 0.3) is 11.2 Å². The summed E-state index contributed by atoms with van der Waals surface area (Å²) in [6.45, 7) is 10.4. The zero-order chi connectivity index (χ0) is 42.7. The molecule has 2 aromatic heterocycles. The van der Waals surface area contributed by atoms with Gasteiger partial charge < -0.3 is 28.7 Å². The Kier molecular flexibility index (Phi) is 12.6. The number of ether oxygens (including phenoxy) is 4. The van der Waals surface area contributed by atoms with Crippen molar-refractivity contribution < 1.29 is 42.2 Å². The summed E-state index contributed by atoms with van der Waals surface area (Å²) >= 11 is 0. The number of nitrogens with one attached hydrogen (secondary N) is 1. The minimum Gasteiger partial charge on any atom is -0.497 e. The number of anilines is 1. The summed E-state index contributed by atoms with van der Waals surface area (Å²) in [5.41, 5.74) is 2.13. The van der Waals surface area contributed by atoms with Crippen LogP contribution in [0.4, 0.5) is 5.82 Å². The van der Waals surface area contributed by atoms with Gasteiger partial charge in [0.15, 0.2) is 31.5 Å². The van der Waals surface area contributed by atoms with E-state index in [1.807, 2.05) is 84.9 Å². The van der Waals surface area contributed by atoms with E-state index in [2.05, 4.69) is 54.1 Å².